The molecule has 0 amide bonds. The lowest BCUT2D eigenvalue weighted by atomic mass is 9.69. The van der Waals surface area contributed by atoms with Crippen molar-refractivity contribution >= 4 is 22.8 Å². The molecule has 1 aromatic heterocycles. The van der Waals surface area contributed by atoms with E-state index >= 15 is 0 Å². The van der Waals surface area contributed by atoms with Gasteiger partial charge in [-0.3, -0.25) is 4.98 Å². The first-order chi connectivity index (χ1) is 18.3. The summed E-state index contributed by atoms with van der Waals surface area (Å²) in [5.74, 6) is 0.610. The van der Waals surface area contributed by atoms with Crippen molar-refractivity contribution in [2.24, 2.45) is 11.8 Å². The number of nitrogens with zero attached hydrogens (tertiary/aromatic N) is 1. The molecule has 3 aliphatic rings. The van der Waals surface area contributed by atoms with Gasteiger partial charge in [-0.1, -0.05) is 103 Å². The van der Waals surface area contributed by atoms with Gasteiger partial charge in [-0.2, -0.15) is 0 Å². The normalized spacial score (nSPS) is 19.6. The van der Waals surface area contributed by atoms with E-state index in [1.54, 1.807) is 0 Å². The van der Waals surface area contributed by atoms with Crippen molar-refractivity contribution < 1.29 is 0 Å². The average Bonchev–Trinajstić information content (AvgIpc) is 2.96. The summed E-state index contributed by atoms with van der Waals surface area (Å²) < 4.78 is 0. The Balaban J connectivity index is 1.55. The number of allylic oxidation sites excluding steroid dienone is 4. The van der Waals surface area contributed by atoms with Crippen molar-refractivity contribution in [2.45, 2.75) is 19.8 Å². The van der Waals surface area contributed by atoms with Gasteiger partial charge in [0.1, 0.15) is 0 Å². The molecule has 0 saturated carbocycles. The fourth-order valence-electron chi connectivity index (χ4n) is 6.40. The maximum atomic E-state index is 4.71. The van der Waals surface area contributed by atoms with E-state index in [9.17, 15) is 0 Å². The van der Waals surface area contributed by atoms with Crippen LogP contribution in [0.3, 0.4) is 0 Å². The van der Waals surface area contributed by atoms with Crippen molar-refractivity contribution in [1.82, 2.24) is 4.98 Å². The third-order valence-corrected chi connectivity index (χ3v) is 8.06. The Kier molecular flexibility index (Phi) is 5.36. The van der Waals surface area contributed by atoms with Gasteiger partial charge in [0, 0.05) is 23.6 Å². The molecule has 2 unspecified atom stereocenters. The zero-order valence-corrected chi connectivity index (χ0v) is 21.1. The smallest absolute Gasteiger partial charge is 0.0702 e. The molecule has 3 aliphatic carbocycles. The summed E-state index contributed by atoms with van der Waals surface area (Å²) in [5, 5.41) is 5.50. The van der Waals surface area contributed by atoms with Crippen LogP contribution in [-0.4, -0.2) is 4.98 Å². The van der Waals surface area contributed by atoms with Crippen LogP contribution in [0.1, 0.15) is 24.0 Å². The molecule has 37 heavy (non-hydrogen) atoms. The van der Waals surface area contributed by atoms with Gasteiger partial charge >= 0.3 is 0 Å². The maximum absolute atomic E-state index is 4.71. The Morgan fingerprint density at radius 1 is 0.676 bits per heavy atom. The molecule has 0 aliphatic heterocycles. The molecule has 178 valence electrons. The monoisotopic (exact) mass is 475 g/mol. The summed E-state index contributed by atoms with van der Waals surface area (Å²) in [6, 6.07) is 31.2. The molecule has 3 aromatic carbocycles. The molecule has 0 radical (unpaired) electrons. The highest BCUT2D eigenvalue weighted by Crippen LogP contribution is 2.42. The summed E-state index contributed by atoms with van der Waals surface area (Å²) in [7, 11) is 0. The maximum Gasteiger partial charge on any atom is 0.0702 e. The van der Waals surface area contributed by atoms with Crippen LogP contribution in [0.15, 0.2) is 115 Å². The van der Waals surface area contributed by atoms with Crippen LogP contribution in [0, 0.1) is 18.8 Å². The fourth-order valence-corrected chi connectivity index (χ4v) is 6.40. The molecule has 2 atom stereocenters. The van der Waals surface area contributed by atoms with Gasteiger partial charge in [-0.15, -0.1) is 0 Å². The van der Waals surface area contributed by atoms with Crippen LogP contribution in [-0.2, 0) is 0 Å². The number of fused-ring (bicyclic) bond motifs is 3. The summed E-state index contributed by atoms with van der Waals surface area (Å²) in [5.41, 5.74) is 9.07. The van der Waals surface area contributed by atoms with Crippen molar-refractivity contribution in [3.8, 4) is 11.3 Å². The van der Waals surface area contributed by atoms with Gasteiger partial charge in [0.2, 0.25) is 0 Å². The Bertz CT molecular complexity index is 1830. The summed E-state index contributed by atoms with van der Waals surface area (Å²) in [6.45, 7) is 2.08. The van der Waals surface area contributed by atoms with Gasteiger partial charge in [0.15, 0.2) is 0 Å². The standard InChI is InChI=1S/C36H29N/c1-24-20-21-34(37-23-24)26-12-8-13-27(22-26)35-30-15-4-6-17-32(30)36(33-18-7-5-16-31(33)35)29-19-9-11-25-10-2-3-14-28(25)29/h2-8,10-18,20-23,30,32H,9,19H2,1H3. The average molecular weight is 476 g/mol. The van der Waals surface area contributed by atoms with E-state index < -0.39 is 0 Å². The van der Waals surface area contributed by atoms with Gasteiger partial charge in [0.25, 0.3) is 0 Å². The van der Waals surface area contributed by atoms with E-state index in [1.165, 1.54) is 48.7 Å². The first-order valence-corrected chi connectivity index (χ1v) is 13.3. The van der Waals surface area contributed by atoms with Crippen LogP contribution in [0.25, 0.3) is 34.1 Å². The molecule has 0 fully saturated rings. The van der Waals surface area contributed by atoms with Crippen molar-refractivity contribution in [1.29, 1.82) is 0 Å². The lowest BCUT2D eigenvalue weighted by Gasteiger charge is -2.34. The van der Waals surface area contributed by atoms with E-state index in [2.05, 4.69) is 122 Å². The van der Waals surface area contributed by atoms with Crippen molar-refractivity contribution in [2.75, 3.05) is 0 Å². The van der Waals surface area contributed by atoms with Crippen LogP contribution in [0.2, 0.25) is 0 Å². The first kappa shape index (κ1) is 22.0. The summed E-state index contributed by atoms with van der Waals surface area (Å²) >= 11 is 0. The summed E-state index contributed by atoms with van der Waals surface area (Å²) in [6.07, 6.45) is 15.8. The largest absolute Gasteiger partial charge is 0.256 e. The topological polar surface area (TPSA) is 12.9 Å². The number of benzene rings is 3. The fraction of sp³-hybridized carbons (Fsp3) is 0.139. The third-order valence-electron chi connectivity index (χ3n) is 8.06. The number of rotatable bonds is 3. The molecule has 0 bridgehead atoms. The Morgan fingerprint density at radius 3 is 2.16 bits per heavy atom. The predicted molar refractivity (Wildman–Crippen MR) is 154 cm³/mol. The van der Waals surface area contributed by atoms with Crippen LogP contribution in [0.4, 0.5) is 0 Å². The van der Waals surface area contributed by atoms with E-state index in [0.29, 0.717) is 11.8 Å². The molecule has 1 heteroatoms. The van der Waals surface area contributed by atoms with E-state index in [4.69, 9.17) is 4.98 Å². The zero-order chi connectivity index (χ0) is 24.8. The third kappa shape index (κ3) is 3.74. The SMILES string of the molecule is Cc1ccc(-c2cccc(C3=c4ccccc4=C(C4=c5ccccc5=CCC4)C4C=CC=CC34)c2)nc1. The zero-order valence-electron chi connectivity index (χ0n) is 21.1. The second kappa shape index (κ2) is 9.01. The predicted octanol–water partition coefficient (Wildman–Crippen LogP) is 5.20. The van der Waals surface area contributed by atoms with Crippen LogP contribution in [0.5, 0.6) is 0 Å². The van der Waals surface area contributed by atoms with Crippen LogP contribution < -0.4 is 20.9 Å². The Labute approximate surface area is 217 Å². The number of hydrogen-bond acceptors (Lipinski definition) is 1. The molecule has 0 N–H and O–H groups in total. The Morgan fingerprint density at radius 2 is 1.38 bits per heavy atom. The van der Waals surface area contributed by atoms with E-state index in [-0.39, 0.29) is 0 Å². The highest BCUT2D eigenvalue weighted by molar-refractivity contribution is 5.94. The van der Waals surface area contributed by atoms with Crippen molar-refractivity contribution in [3.63, 3.8) is 0 Å². The van der Waals surface area contributed by atoms with E-state index in [1.807, 2.05) is 6.20 Å². The molecule has 4 aromatic rings. The highest BCUT2D eigenvalue weighted by atomic mass is 14.7. The second-order valence-electron chi connectivity index (χ2n) is 10.3. The molecular weight excluding hydrogens is 446 g/mol. The van der Waals surface area contributed by atoms with E-state index in [0.717, 1.165) is 24.1 Å². The van der Waals surface area contributed by atoms with Crippen molar-refractivity contribution in [3.05, 3.63) is 147 Å². The molecule has 7 rings (SSSR count). The van der Waals surface area contributed by atoms with Crippen LogP contribution >= 0.6 is 0 Å². The second-order valence-corrected chi connectivity index (χ2v) is 10.3. The lowest BCUT2D eigenvalue weighted by molar-refractivity contribution is 0.688. The van der Waals surface area contributed by atoms with Gasteiger partial charge < -0.3 is 0 Å². The number of aromatic nitrogens is 1. The van der Waals surface area contributed by atoms with Gasteiger partial charge in [-0.25, -0.2) is 0 Å². The number of aryl methyl sites for hydroxylation is 1. The first-order valence-electron chi connectivity index (χ1n) is 13.3. The molecule has 1 heterocycles. The minimum Gasteiger partial charge on any atom is -0.256 e. The minimum absolute atomic E-state index is 0.293. The van der Waals surface area contributed by atoms with Gasteiger partial charge in [-0.05, 0) is 80.6 Å². The number of pyridine rings is 1. The molecular formula is C36H29N. The molecule has 0 spiro atoms. The molecule has 0 saturated heterocycles. The van der Waals surface area contributed by atoms with Gasteiger partial charge in [0.05, 0.1) is 5.69 Å². The minimum atomic E-state index is 0.293. The summed E-state index contributed by atoms with van der Waals surface area (Å²) in [4.78, 5) is 4.71. The lowest BCUT2D eigenvalue weighted by Crippen LogP contribution is -2.42. The quantitative estimate of drug-likeness (QED) is 0.397. The highest BCUT2D eigenvalue weighted by Gasteiger charge is 2.32. The number of hydrogen-bond donors (Lipinski definition) is 0. The Hall–Kier alpha value is -4.23. The molecule has 1 nitrogen and oxygen atoms in total.